The van der Waals surface area contributed by atoms with E-state index in [-0.39, 0.29) is 23.5 Å². The predicted octanol–water partition coefficient (Wildman–Crippen LogP) is 5.29. The molecule has 2 aromatic carbocycles. The van der Waals surface area contributed by atoms with Crippen molar-refractivity contribution in [3.05, 3.63) is 59.7 Å². The molecule has 0 saturated carbocycles. The second kappa shape index (κ2) is 8.66. The molecular weight excluding hydrogens is 407 g/mol. The zero-order valence-electron chi connectivity index (χ0n) is 13.2. The Labute approximate surface area is 155 Å². The van der Waals surface area contributed by atoms with Crippen molar-refractivity contribution in [1.82, 2.24) is 0 Å². The molecule has 0 aromatic heterocycles. The Morgan fingerprint density at radius 2 is 1.37 bits per heavy atom. The summed E-state index contributed by atoms with van der Waals surface area (Å²) in [7, 11) is 0. The van der Waals surface area contributed by atoms with Crippen molar-refractivity contribution in [3.8, 4) is 11.5 Å². The molecule has 150 valence electrons. The molecular formula is C16H13ClF7NO2. The Hall–Kier alpha value is -2.20. The molecule has 0 radical (unpaired) electrons. The van der Waals surface area contributed by atoms with Crippen molar-refractivity contribution in [2.24, 2.45) is 5.73 Å². The highest BCUT2D eigenvalue weighted by molar-refractivity contribution is 5.85. The van der Waals surface area contributed by atoms with E-state index in [2.05, 4.69) is 9.47 Å². The number of halogens is 8. The lowest BCUT2D eigenvalue weighted by Crippen LogP contribution is -2.34. The van der Waals surface area contributed by atoms with Crippen LogP contribution < -0.4 is 15.2 Å². The van der Waals surface area contributed by atoms with Gasteiger partial charge < -0.3 is 15.2 Å². The second-order valence-electron chi connectivity index (χ2n) is 5.10. The topological polar surface area (TPSA) is 44.5 Å². The summed E-state index contributed by atoms with van der Waals surface area (Å²) in [6.07, 6.45) is -13.6. The molecule has 11 heteroatoms. The first-order chi connectivity index (χ1) is 12.0. The van der Waals surface area contributed by atoms with Crippen molar-refractivity contribution in [2.45, 2.75) is 24.9 Å². The third-order valence-electron chi connectivity index (χ3n) is 3.23. The molecule has 3 nitrogen and oxygen atoms in total. The van der Waals surface area contributed by atoms with E-state index in [4.69, 9.17) is 5.73 Å². The van der Waals surface area contributed by atoms with Crippen LogP contribution in [-0.4, -0.2) is 18.9 Å². The average Bonchev–Trinajstić information content (AvgIpc) is 2.53. The van der Waals surface area contributed by atoms with Crippen molar-refractivity contribution < 1.29 is 40.2 Å². The summed E-state index contributed by atoms with van der Waals surface area (Å²) in [5, 5.41) is 0. The minimum atomic E-state index is -4.87. The third-order valence-corrected chi connectivity index (χ3v) is 3.23. The van der Waals surface area contributed by atoms with E-state index in [9.17, 15) is 30.7 Å². The van der Waals surface area contributed by atoms with E-state index in [0.29, 0.717) is 0 Å². The standard InChI is InChI=1S/C16H12F7NO2.ClH/c17-14(18)15(19,20)26-12-4-2-1-3-11(12)13(24)9-5-7-10(8-6-9)25-16(21,22)23;/h1-8,13-14H,24H2;1H/t13-;/m1./s1. The van der Waals surface area contributed by atoms with Crippen molar-refractivity contribution in [1.29, 1.82) is 0 Å². The average molecular weight is 420 g/mol. The maximum atomic E-state index is 13.2. The summed E-state index contributed by atoms with van der Waals surface area (Å²) in [5.74, 6) is -1.07. The zero-order chi connectivity index (χ0) is 19.5. The number of para-hydroxylation sites is 1. The summed E-state index contributed by atoms with van der Waals surface area (Å²) in [5.41, 5.74) is 6.10. The van der Waals surface area contributed by atoms with Crippen LogP contribution in [-0.2, 0) is 0 Å². The van der Waals surface area contributed by atoms with Gasteiger partial charge in [0.2, 0.25) is 0 Å². The molecule has 27 heavy (non-hydrogen) atoms. The van der Waals surface area contributed by atoms with Gasteiger partial charge in [-0.15, -0.1) is 25.6 Å². The summed E-state index contributed by atoms with van der Waals surface area (Å²) in [6, 6.07) is 8.26. The van der Waals surface area contributed by atoms with Gasteiger partial charge in [-0.05, 0) is 23.8 Å². The van der Waals surface area contributed by atoms with Crippen LogP contribution in [0.3, 0.4) is 0 Å². The predicted molar refractivity (Wildman–Crippen MR) is 84.4 cm³/mol. The van der Waals surface area contributed by atoms with Crippen LogP contribution in [0.1, 0.15) is 17.2 Å². The van der Waals surface area contributed by atoms with Crippen molar-refractivity contribution in [2.75, 3.05) is 0 Å². The maximum Gasteiger partial charge on any atom is 0.573 e. The highest BCUT2D eigenvalue weighted by Crippen LogP contribution is 2.34. The molecule has 2 aromatic rings. The number of nitrogens with two attached hydrogens (primary N) is 1. The van der Waals surface area contributed by atoms with Gasteiger partial charge in [-0.25, -0.2) is 0 Å². The minimum absolute atomic E-state index is 0. The van der Waals surface area contributed by atoms with Gasteiger partial charge >= 0.3 is 18.9 Å². The Balaban J connectivity index is 0.00000364. The molecule has 0 saturated heterocycles. The fraction of sp³-hybridized carbons (Fsp3) is 0.250. The van der Waals surface area contributed by atoms with Gasteiger partial charge in [-0.3, -0.25) is 0 Å². The number of hydrogen-bond donors (Lipinski definition) is 1. The van der Waals surface area contributed by atoms with Gasteiger partial charge in [0.05, 0.1) is 6.04 Å². The van der Waals surface area contributed by atoms with Gasteiger partial charge in [0, 0.05) is 5.56 Å². The summed E-state index contributed by atoms with van der Waals surface area (Å²) < 4.78 is 95.2. The zero-order valence-corrected chi connectivity index (χ0v) is 14.0. The van der Waals surface area contributed by atoms with Crippen LogP contribution in [0.4, 0.5) is 30.7 Å². The summed E-state index contributed by atoms with van der Waals surface area (Å²) in [4.78, 5) is 0. The summed E-state index contributed by atoms with van der Waals surface area (Å²) in [6.45, 7) is 0. The molecule has 0 bridgehead atoms. The largest absolute Gasteiger partial charge is 0.573 e. The molecule has 0 unspecified atom stereocenters. The number of rotatable bonds is 6. The molecule has 0 aliphatic carbocycles. The molecule has 1 atom stereocenters. The highest BCUT2D eigenvalue weighted by Gasteiger charge is 2.44. The molecule has 0 heterocycles. The van der Waals surface area contributed by atoms with Gasteiger partial charge in [-0.1, -0.05) is 30.3 Å². The van der Waals surface area contributed by atoms with Crippen LogP contribution in [0.5, 0.6) is 11.5 Å². The first-order valence-corrected chi connectivity index (χ1v) is 7.05. The van der Waals surface area contributed by atoms with E-state index in [1.54, 1.807) is 0 Å². The van der Waals surface area contributed by atoms with Gasteiger partial charge in [0.1, 0.15) is 11.5 Å². The summed E-state index contributed by atoms with van der Waals surface area (Å²) >= 11 is 0. The molecule has 0 aliphatic heterocycles. The molecule has 0 fully saturated rings. The van der Waals surface area contributed by atoms with Crippen molar-refractivity contribution in [3.63, 3.8) is 0 Å². The lowest BCUT2D eigenvalue weighted by atomic mass is 9.98. The van der Waals surface area contributed by atoms with E-state index in [1.807, 2.05) is 0 Å². The Kier molecular flexibility index (Phi) is 7.32. The van der Waals surface area contributed by atoms with Crippen LogP contribution >= 0.6 is 12.4 Å². The third kappa shape index (κ3) is 6.17. The SMILES string of the molecule is Cl.N[C@H](c1ccc(OC(F)(F)F)cc1)c1ccccc1OC(F)(F)C(F)F. The number of hydrogen-bond acceptors (Lipinski definition) is 3. The van der Waals surface area contributed by atoms with E-state index in [1.165, 1.54) is 30.3 Å². The maximum absolute atomic E-state index is 13.2. The van der Waals surface area contributed by atoms with Crippen LogP contribution in [0, 0.1) is 0 Å². The fourth-order valence-electron chi connectivity index (χ4n) is 2.08. The number of benzene rings is 2. The lowest BCUT2D eigenvalue weighted by Gasteiger charge is -2.22. The smallest absolute Gasteiger partial charge is 0.428 e. The Bertz CT molecular complexity index is 738. The number of ether oxygens (including phenoxy) is 2. The van der Waals surface area contributed by atoms with Crippen LogP contribution in [0.2, 0.25) is 0 Å². The lowest BCUT2D eigenvalue weighted by molar-refractivity contribution is -0.274. The van der Waals surface area contributed by atoms with Gasteiger partial charge in [0.15, 0.2) is 0 Å². The second-order valence-corrected chi connectivity index (χ2v) is 5.10. The van der Waals surface area contributed by atoms with Crippen LogP contribution in [0.25, 0.3) is 0 Å². The van der Waals surface area contributed by atoms with E-state index >= 15 is 0 Å². The van der Waals surface area contributed by atoms with Gasteiger partial charge in [0.25, 0.3) is 0 Å². The normalized spacial score (nSPS) is 13.1. The van der Waals surface area contributed by atoms with Crippen LogP contribution in [0.15, 0.2) is 48.5 Å². The number of alkyl halides is 7. The van der Waals surface area contributed by atoms with E-state index < -0.39 is 36.4 Å². The van der Waals surface area contributed by atoms with Gasteiger partial charge in [-0.2, -0.15) is 17.6 Å². The molecule has 0 spiro atoms. The Morgan fingerprint density at radius 3 is 1.89 bits per heavy atom. The van der Waals surface area contributed by atoms with Crippen molar-refractivity contribution >= 4 is 12.4 Å². The fourth-order valence-corrected chi connectivity index (χ4v) is 2.08. The molecule has 0 aliphatic rings. The molecule has 2 N–H and O–H groups in total. The quantitative estimate of drug-likeness (QED) is 0.647. The molecule has 2 rings (SSSR count). The first kappa shape index (κ1) is 22.8. The Morgan fingerprint density at radius 1 is 0.815 bits per heavy atom. The molecule has 0 amide bonds. The first-order valence-electron chi connectivity index (χ1n) is 7.05. The monoisotopic (exact) mass is 419 g/mol. The van der Waals surface area contributed by atoms with E-state index in [0.717, 1.165) is 18.2 Å². The highest BCUT2D eigenvalue weighted by atomic mass is 35.5. The minimum Gasteiger partial charge on any atom is -0.428 e.